The molecular weight excluding hydrogens is 325 g/mol. The van der Waals surface area contributed by atoms with Crippen LogP contribution in [0.25, 0.3) is 0 Å². The summed E-state index contributed by atoms with van der Waals surface area (Å²) in [6.45, 7) is 4.58. The van der Waals surface area contributed by atoms with Crippen LogP contribution in [0.4, 0.5) is 4.39 Å². The van der Waals surface area contributed by atoms with Crippen LogP contribution >= 0.6 is 0 Å². The Morgan fingerprint density at radius 1 is 1.20 bits per heavy atom. The molecule has 0 aromatic carbocycles. The van der Waals surface area contributed by atoms with Crippen LogP contribution in [-0.4, -0.2) is 41.5 Å². The SMILES string of the molecule is C=C(C)C(=O)OCC(=O)N1C(=O)C2C3CC(C4C5CC(F)C(C5)C34)C21. The van der Waals surface area contributed by atoms with Gasteiger partial charge in [0.2, 0.25) is 5.91 Å². The second-order valence-electron chi connectivity index (χ2n) is 8.60. The second kappa shape index (κ2) is 4.92. The van der Waals surface area contributed by atoms with Crippen molar-refractivity contribution < 1.29 is 23.5 Å². The first-order chi connectivity index (χ1) is 11.9. The lowest BCUT2D eigenvalue weighted by molar-refractivity contribution is -0.179. The van der Waals surface area contributed by atoms with Crippen LogP contribution in [0, 0.1) is 41.4 Å². The second-order valence-corrected chi connectivity index (χ2v) is 8.60. The van der Waals surface area contributed by atoms with Crippen molar-refractivity contribution >= 4 is 17.8 Å². The van der Waals surface area contributed by atoms with Gasteiger partial charge in [0.25, 0.3) is 5.91 Å². The summed E-state index contributed by atoms with van der Waals surface area (Å²) in [5.41, 5.74) is 0.228. The molecule has 5 fully saturated rings. The summed E-state index contributed by atoms with van der Waals surface area (Å²) in [5, 5.41) is 0. The molecule has 6 heteroatoms. The molecular formula is C19H22FNO4. The molecule has 2 amide bonds. The third-order valence-electron chi connectivity index (χ3n) is 7.62. The predicted molar refractivity (Wildman–Crippen MR) is 84.6 cm³/mol. The number of alkyl halides is 1. The number of nitrogens with zero attached hydrogens (tertiary/aromatic N) is 1. The minimum Gasteiger partial charge on any atom is -0.452 e. The first kappa shape index (κ1) is 15.5. The summed E-state index contributed by atoms with van der Waals surface area (Å²) in [6, 6.07) is -0.0489. The zero-order valence-corrected chi connectivity index (χ0v) is 14.2. The van der Waals surface area contributed by atoms with E-state index in [4.69, 9.17) is 4.74 Å². The average molecular weight is 347 g/mol. The Hall–Kier alpha value is -1.72. The Morgan fingerprint density at radius 2 is 1.96 bits per heavy atom. The summed E-state index contributed by atoms with van der Waals surface area (Å²) in [5.74, 6) is 0.652. The molecule has 1 saturated heterocycles. The molecule has 4 saturated carbocycles. The lowest BCUT2D eigenvalue weighted by atomic mass is 9.61. The monoisotopic (exact) mass is 347 g/mol. The van der Waals surface area contributed by atoms with E-state index in [9.17, 15) is 18.8 Å². The number of amides is 2. The Kier molecular flexibility index (Phi) is 3.06. The van der Waals surface area contributed by atoms with Crippen molar-refractivity contribution in [3.63, 3.8) is 0 Å². The van der Waals surface area contributed by atoms with Crippen molar-refractivity contribution in [1.82, 2.24) is 4.90 Å². The number of ether oxygens (including phenoxy) is 1. The standard InChI is InChI=1S/C19H22FNO4/c1-7(2)19(24)25-6-13(22)21-17-11-5-10(16(17)18(21)23)15-9-3-8(14(11)15)4-12(9)20/h8-12,14-17H,1,3-6H2,2H3. The van der Waals surface area contributed by atoms with Crippen molar-refractivity contribution in [2.45, 2.75) is 38.4 Å². The van der Waals surface area contributed by atoms with Gasteiger partial charge in [-0.3, -0.25) is 14.5 Å². The zero-order chi connectivity index (χ0) is 17.6. The quantitative estimate of drug-likeness (QED) is 0.337. The van der Waals surface area contributed by atoms with Gasteiger partial charge in [-0.15, -0.1) is 0 Å². The van der Waals surface area contributed by atoms with Crippen LogP contribution in [-0.2, 0) is 19.1 Å². The average Bonchev–Trinajstić information content (AvgIpc) is 3.27. The largest absolute Gasteiger partial charge is 0.452 e. The van der Waals surface area contributed by atoms with E-state index < -0.39 is 24.7 Å². The lowest BCUT2D eigenvalue weighted by Crippen LogP contribution is -2.68. The van der Waals surface area contributed by atoms with E-state index in [-0.39, 0.29) is 35.3 Å². The van der Waals surface area contributed by atoms with E-state index in [1.807, 2.05) is 0 Å². The maximum Gasteiger partial charge on any atom is 0.333 e. The van der Waals surface area contributed by atoms with Gasteiger partial charge in [-0.25, -0.2) is 9.18 Å². The number of rotatable bonds is 3. The molecule has 0 spiro atoms. The van der Waals surface area contributed by atoms with Crippen molar-refractivity contribution in [3.05, 3.63) is 12.2 Å². The lowest BCUT2D eigenvalue weighted by Gasteiger charge is -2.53. The molecule has 5 nitrogen and oxygen atoms in total. The topological polar surface area (TPSA) is 63.7 Å². The number of fused-ring (bicyclic) bond motifs is 12. The van der Waals surface area contributed by atoms with Gasteiger partial charge in [-0.05, 0) is 61.7 Å². The third kappa shape index (κ3) is 1.80. The molecule has 0 aromatic heterocycles. The smallest absolute Gasteiger partial charge is 0.333 e. The molecule has 5 rings (SSSR count). The molecule has 1 heterocycles. The van der Waals surface area contributed by atoms with Gasteiger partial charge in [0, 0.05) is 5.57 Å². The van der Waals surface area contributed by atoms with Crippen LogP contribution in [0.5, 0.6) is 0 Å². The zero-order valence-electron chi connectivity index (χ0n) is 14.2. The summed E-state index contributed by atoms with van der Waals surface area (Å²) in [4.78, 5) is 37.8. The number of hydrogen-bond donors (Lipinski definition) is 0. The van der Waals surface area contributed by atoms with Gasteiger partial charge < -0.3 is 4.74 Å². The van der Waals surface area contributed by atoms with Crippen molar-refractivity contribution in [1.29, 1.82) is 0 Å². The molecule has 4 aliphatic carbocycles. The highest BCUT2D eigenvalue weighted by molar-refractivity contribution is 6.04. The number of likely N-dealkylation sites (tertiary alicyclic amines) is 1. The van der Waals surface area contributed by atoms with E-state index in [1.165, 1.54) is 11.8 Å². The van der Waals surface area contributed by atoms with Crippen molar-refractivity contribution in [3.8, 4) is 0 Å². The van der Waals surface area contributed by atoms with Gasteiger partial charge >= 0.3 is 5.97 Å². The van der Waals surface area contributed by atoms with Gasteiger partial charge in [-0.2, -0.15) is 0 Å². The number of β-lactam (4-membered cyclic amide) rings is 1. The van der Waals surface area contributed by atoms with E-state index in [0.29, 0.717) is 30.1 Å². The van der Waals surface area contributed by atoms with E-state index in [0.717, 1.165) is 12.8 Å². The Balaban J connectivity index is 1.32. The molecule has 0 aromatic rings. The first-order valence-electron chi connectivity index (χ1n) is 9.22. The summed E-state index contributed by atoms with van der Waals surface area (Å²) < 4.78 is 19.1. The molecule has 134 valence electrons. The highest BCUT2D eigenvalue weighted by atomic mass is 19.1. The first-order valence-corrected chi connectivity index (χ1v) is 9.22. The van der Waals surface area contributed by atoms with Crippen LogP contribution in [0.2, 0.25) is 0 Å². The van der Waals surface area contributed by atoms with Crippen LogP contribution in [0.3, 0.4) is 0 Å². The fourth-order valence-electron chi connectivity index (χ4n) is 7.02. The van der Waals surface area contributed by atoms with Crippen molar-refractivity contribution in [2.75, 3.05) is 6.61 Å². The van der Waals surface area contributed by atoms with Gasteiger partial charge in [-0.1, -0.05) is 6.58 Å². The highest BCUT2D eigenvalue weighted by Crippen LogP contribution is 2.71. The molecule has 0 N–H and O–H groups in total. The van der Waals surface area contributed by atoms with E-state index in [2.05, 4.69) is 6.58 Å². The molecule has 25 heavy (non-hydrogen) atoms. The third-order valence-corrected chi connectivity index (χ3v) is 7.62. The summed E-state index contributed by atoms with van der Waals surface area (Å²) in [7, 11) is 0. The van der Waals surface area contributed by atoms with Gasteiger partial charge in [0.1, 0.15) is 6.17 Å². The molecule has 0 radical (unpaired) electrons. The summed E-state index contributed by atoms with van der Waals surface area (Å²) in [6.07, 6.45) is 1.87. The number of carbonyl (C=O) groups is 3. The van der Waals surface area contributed by atoms with Crippen LogP contribution in [0.1, 0.15) is 26.2 Å². The minimum atomic E-state index is -0.696. The number of esters is 1. The Bertz CT molecular complexity index is 706. The van der Waals surface area contributed by atoms with Gasteiger partial charge in [0.15, 0.2) is 6.61 Å². The normalized spacial score (nSPS) is 48.2. The number of halogens is 1. The minimum absolute atomic E-state index is 0.0489. The van der Waals surface area contributed by atoms with Crippen LogP contribution in [0.15, 0.2) is 12.2 Å². The van der Waals surface area contributed by atoms with E-state index in [1.54, 1.807) is 0 Å². The fraction of sp³-hybridized carbons (Fsp3) is 0.737. The molecule has 5 aliphatic rings. The predicted octanol–water partition coefficient (Wildman–Crippen LogP) is 1.72. The molecule has 4 bridgehead atoms. The molecule has 9 atom stereocenters. The fourth-order valence-corrected chi connectivity index (χ4v) is 7.02. The van der Waals surface area contributed by atoms with Crippen LogP contribution < -0.4 is 0 Å². The maximum absolute atomic E-state index is 14.2. The molecule has 9 unspecified atom stereocenters. The molecule has 1 aliphatic heterocycles. The van der Waals surface area contributed by atoms with E-state index >= 15 is 0 Å². The number of carbonyl (C=O) groups excluding carboxylic acids is 3. The Morgan fingerprint density at radius 3 is 2.68 bits per heavy atom. The Labute approximate surface area is 145 Å². The highest BCUT2D eigenvalue weighted by Gasteiger charge is 2.74. The number of hydrogen-bond acceptors (Lipinski definition) is 4. The van der Waals surface area contributed by atoms with Gasteiger partial charge in [0.05, 0.1) is 12.0 Å². The number of imide groups is 1. The summed E-state index contributed by atoms with van der Waals surface area (Å²) >= 11 is 0. The van der Waals surface area contributed by atoms with Crippen molar-refractivity contribution in [2.24, 2.45) is 41.4 Å². The maximum atomic E-state index is 14.2.